The van der Waals surface area contributed by atoms with E-state index in [1.807, 2.05) is 0 Å². The number of sulfonamides is 1. The molecule has 0 radical (unpaired) electrons. The molecule has 0 aliphatic rings. The molecule has 3 rings (SSSR count). The highest BCUT2D eigenvalue weighted by atomic mass is 32.2. The maximum absolute atomic E-state index is 13.6. The number of methoxy groups -OCH3 is 1. The second kappa shape index (κ2) is 8.95. The number of aryl methyl sites for hydroxylation is 2. The number of halogens is 2. The summed E-state index contributed by atoms with van der Waals surface area (Å²) in [6.07, 6.45) is 0. The third-order valence-corrected chi connectivity index (χ3v) is 6.87. The normalized spacial score (nSPS) is 11.3. The number of amides is 1. The highest BCUT2D eigenvalue weighted by molar-refractivity contribution is 7.93. The number of nitrogens with zero attached hydrogens (tertiary/aromatic N) is 3. The summed E-state index contributed by atoms with van der Waals surface area (Å²) >= 11 is 0. The second-order valence-corrected chi connectivity index (χ2v) is 8.81. The van der Waals surface area contributed by atoms with Gasteiger partial charge in [-0.15, -0.1) is 0 Å². The van der Waals surface area contributed by atoms with Crippen LogP contribution in [0.3, 0.4) is 0 Å². The Balaban J connectivity index is 2.00. The zero-order valence-electron chi connectivity index (χ0n) is 17.9. The monoisotopic (exact) mass is 464 g/mol. The highest BCUT2D eigenvalue weighted by Crippen LogP contribution is 2.29. The topological polar surface area (TPSA) is 93.5 Å². The minimum absolute atomic E-state index is 0.00489. The van der Waals surface area contributed by atoms with Gasteiger partial charge in [0.05, 0.1) is 24.2 Å². The Kier molecular flexibility index (Phi) is 6.49. The summed E-state index contributed by atoms with van der Waals surface area (Å²) in [5.41, 5.74) is 0.898. The van der Waals surface area contributed by atoms with E-state index in [1.165, 1.54) is 30.0 Å². The van der Waals surface area contributed by atoms with Gasteiger partial charge in [-0.2, -0.15) is 5.10 Å². The van der Waals surface area contributed by atoms with Crippen molar-refractivity contribution in [1.82, 2.24) is 9.78 Å². The van der Waals surface area contributed by atoms with Gasteiger partial charge < -0.3 is 10.1 Å². The van der Waals surface area contributed by atoms with Crippen LogP contribution >= 0.6 is 0 Å². The fourth-order valence-corrected chi connectivity index (χ4v) is 5.03. The Morgan fingerprint density at radius 2 is 1.78 bits per heavy atom. The molecule has 0 atom stereocenters. The Bertz CT molecular complexity index is 1260. The average molecular weight is 464 g/mol. The molecular formula is C21H22F2N4O4S. The number of ether oxygens (including phenoxy) is 1. The zero-order chi connectivity index (χ0) is 23.6. The van der Waals surface area contributed by atoms with Crippen LogP contribution < -0.4 is 14.4 Å². The molecule has 1 N–H and O–H groups in total. The van der Waals surface area contributed by atoms with E-state index in [0.717, 1.165) is 16.4 Å². The lowest BCUT2D eigenvalue weighted by Crippen LogP contribution is -2.38. The maximum Gasteiger partial charge on any atom is 0.268 e. The molecule has 1 aromatic heterocycles. The van der Waals surface area contributed by atoms with Crippen molar-refractivity contribution >= 4 is 27.3 Å². The maximum atomic E-state index is 13.6. The largest absolute Gasteiger partial charge is 0.497 e. The first-order valence-electron chi connectivity index (χ1n) is 9.46. The quantitative estimate of drug-likeness (QED) is 0.580. The van der Waals surface area contributed by atoms with Gasteiger partial charge in [-0.25, -0.2) is 17.2 Å². The molecule has 8 nitrogen and oxygen atoms in total. The summed E-state index contributed by atoms with van der Waals surface area (Å²) in [5.74, 6) is -2.43. The Hall–Kier alpha value is -3.47. The highest BCUT2D eigenvalue weighted by Gasteiger charge is 2.32. The smallest absolute Gasteiger partial charge is 0.268 e. The summed E-state index contributed by atoms with van der Waals surface area (Å²) in [4.78, 5) is 12.7. The lowest BCUT2D eigenvalue weighted by Gasteiger charge is -2.24. The molecule has 0 saturated heterocycles. The number of aromatic nitrogens is 2. The van der Waals surface area contributed by atoms with E-state index < -0.39 is 34.1 Å². The number of hydrogen-bond donors (Lipinski definition) is 1. The minimum Gasteiger partial charge on any atom is -0.497 e. The van der Waals surface area contributed by atoms with Gasteiger partial charge in [0, 0.05) is 18.8 Å². The van der Waals surface area contributed by atoms with Gasteiger partial charge in [0.1, 0.15) is 17.2 Å². The average Bonchev–Trinajstić information content (AvgIpc) is 3.01. The van der Waals surface area contributed by atoms with E-state index in [0.29, 0.717) is 11.4 Å². The van der Waals surface area contributed by atoms with Gasteiger partial charge in [0.25, 0.3) is 10.0 Å². The molecule has 0 aliphatic carbocycles. The first-order valence-corrected chi connectivity index (χ1v) is 10.9. The fourth-order valence-electron chi connectivity index (χ4n) is 3.21. The van der Waals surface area contributed by atoms with E-state index in [2.05, 4.69) is 10.4 Å². The van der Waals surface area contributed by atoms with Crippen molar-refractivity contribution in [2.45, 2.75) is 18.7 Å². The van der Waals surface area contributed by atoms with Crippen LogP contribution in [0.15, 0.2) is 47.4 Å². The third-order valence-electron chi connectivity index (χ3n) is 4.84. The van der Waals surface area contributed by atoms with Crippen LogP contribution in [0.5, 0.6) is 5.75 Å². The van der Waals surface area contributed by atoms with Crippen LogP contribution in [0.25, 0.3) is 0 Å². The van der Waals surface area contributed by atoms with Gasteiger partial charge >= 0.3 is 0 Å². The standard InChI is InChI=1S/C21H22F2N4O4S/c1-13-21(14(2)26(3)25-13)32(29,30)27(16-6-8-17(31-4)9-7-16)12-20(28)24-15-5-10-18(22)19(23)11-15/h5-11H,12H2,1-4H3,(H,24,28). The van der Waals surface area contributed by atoms with E-state index >= 15 is 0 Å². The summed E-state index contributed by atoms with van der Waals surface area (Å²) in [6.45, 7) is 2.56. The number of anilines is 2. The number of rotatable bonds is 7. The number of nitrogens with one attached hydrogen (secondary N) is 1. The van der Waals surface area contributed by atoms with Crippen molar-refractivity contribution in [2.75, 3.05) is 23.3 Å². The van der Waals surface area contributed by atoms with Crippen molar-refractivity contribution in [2.24, 2.45) is 7.05 Å². The predicted octanol–water partition coefficient (Wildman–Crippen LogP) is 3.16. The Morgan fingerprint density at radius 1 is 1.12 bits per heavy atom. The van der Waals surface area contributed by atoms with Gasteiger partial charge in [-0.3, -0.25) is 13.8 Å². The number of benzene rings is 2. The number of carbonyl (C=O) groups is 1. The molecule has 2 aromatic carbocycles. The molecule has 1 amide bonds. The van der Waals surface area contributed by atoms with Crippen LogP contribution in [0.1, 0.15) is 11.4 Å². The molecule has 170 valence electrons. The van der Waals surface area contributed by atoms with Gasteiger partial charge in [0.2, 0.25) is 5.91 Å². The fraction of sp³-hybridized carbons (Fsp3) is 0.238. The molecule has 0 unspecified atom stereocenters. The zero-order valence-corrected chi connectivity index (χ0v) is 18.7. The molecule has 11 heteroatoms. The molecule has 0 saturated carbocycles. The molecule has 0 fully saturated rings. The van der Waals surface area contributed by atoms with Gasteiger partial charge in [0.15, 0.2) is 11.6 Å². The summed E-state index contributed by atoms with van der Waals surface area (Å²) < 4.78 is 61.3. The minimum atomic E-state index is -4.20. The van der Waals surface area contributed by atoms with Gasteiger partial charge in [-0.05, 0) is 50.2 Å². The van der Waals surface area contributed by atoms with Crippen molar-refractivity contribution in [1.29, 1.82) is 0 Å². The van der Waals surface area contributed by atoms with Crippen LogP contribution in [-0.2, 0) is 21.9 Å². The summed E-state index contributed by atoms with van der Waals surface area (Å²) in [6, 6.07) is 8.99. The van der Waals surface area contributed by atoms with Crippen LogP contribution in [-0.4, -0.2) is 37.8 Å². The lowest BCUT2D eigenvalue weighted by molar-refractivity contribution is -0.114. The summed E-state index contributed by atoms with van der Waals surface area (Å²) in [7, 11) is -1.11. The predicted molar refractivity (Wildman–Crippen MR) is 115 cm³/mol. The van der Waals surface area contributed by atoms with Crippen LogP contribution in [0, 0.1) is 25.5 Å². The number of carbonyl (C=O) groups excluding carboxylic acids is 1. The first-order chi connectivity index (χ1) is 15.0. The van der Waals surface area contributed by atoms with Crippen molar-refractivity contribution in [3.63, 3.8) is 0 Å². The first kappa shape index (κ1) is 23.2. The van der Waals surface area contributed by atoms with Crippen molar-refractivity contribution in [3.05, 3.63) is 65.5 Å². The molecule has 0 bridgehead atoms. The Morgan fingerprint density at radius 3 is 2.31 bits per heavy atom. The third kappa shape index (κ3) is 4.57. The molecule has 3 aromatic rings. The van der Waals surface area contributed by atoms with Crippen LogP contribution in [0.2, 0.25) is 0 Å². The molecule has 0 spiro atoms. The molecular weight excluding hydrogens is 442 g/mol. The Labute approximate surface area is 184 Å². The SMILES string of the molecule is COc1ccc(N(CC(=O)Nc2ccc(F)c(F)c2)S(=O)(=O)c2c(C)nn(C)c2C)cc1. The molecule has 32 heavy (non-hydrogen) atoms. The van der Waals surface area contributed by atoms with E-state index in [-0.39, 0.29) is 22.0 Å². The van der Waals surface area contributed by atoms with E-state index in [9.17, 15) is 22.0 Å². The summed E-state index contributed by atoms with van der Waals surface area (Å²) in [5, 5.41) is 6.55. The molecule has 0 aliphatic heterocycles. The second-order valence-electron chi connectivity index (χ2n) is 7.01. The van der Waals surface area contributed by atoms with Gasteiger partial charge in [-0.1, -0.05) is 0 Å². The van der Waals surface area contributed by atoms with Crippen molar-refractivity contribution < 1.29 is 26.7 Å². The van der Waals surface area contributed by atoms with E-state index in [1.54, 1.807) is 33.0 Å². The lowest BCUT2D eigenvalue weighted by atomic mass is 10.3. The van der Waals surface area contributed by atoms with E-state index in [4.69, 9.17) is 4.74 Å². The number of hydrogen-bond acceptors (Lipinski definition) is 5. The van der Waals surface area contributed by atoms with Crippen LogP contribution in [0.4, 0.5) is 20.2 Å². The van der Waals surface area contributed by atoms with Crippen molar-refractivity contribution in [3.8, 4) is 5.75 Å². The molecule has 1 heterocycles.